The second-order valence-corrected chi connectivity index (χ2v) is 4.10. The molecule has 0 spiro atoms. The maximum atomic E-state index is 4.56. The smallest absolute Gasteiger partial charge is 0.226 e. The molecule has 4 heteroatoms. The van der Waals surface area contributed by atoms with Crippen LogP contribution in [0.5, 0.6) is 0 Å². The Bertz CT molecular complexity index is 561. The van der Waals surface area contributed by atoms with Crippen LogP contribution in [-0.4, -0.2) is 15.0 Å². The highest BCUT2D eigenvalue weighted by Gasteiger charge is 2.18. The summed E-state index contributed by atoms with van der Waals surface area (Å²) in [5, 5.41) is 0. The molecule has 84 valence electrons. The number of hydrogen-bond donors (Lipinski definition) is 0. The van der Waals surface area contributed by atoms with Gasteiger partial charge in [-0.3, -0.25) is 0 Å². The van der Waals surface area contributed by atoms with Crippen molar-refractivity contribution in [3.05, 3.63) is 22.8 Å². The number of aryl methyl sites for hydroxylation is 4. The Kier molecular flexibility index (Phi) is 2.58. The highest BCUT2D eigenvalue weighted by atomic mass is 15.1. The predicted octanol–water partition coefficient (Wildman–Crippen LogP) is 1.34. The Balaban J connectivity index is 2.88. The second-order valence-electron chi connectivity index (χ2n) is 4.10. The quantitative estimate of drug-likeness (QED) is 0.677. The maximum Gasteiger partial charge on any atom is 0.368 e. The summed E-state index contributed by atoms with van der Waals surface area (Å²) in [6.07, 6.45) is 0.958. The minimum atomic E-state index is 0.736. The molecule has 0 unspecified atom stereocenters. The summed E-state index contributed by atoms with van der Waals surface area (Å²) in [5.74, 6) is 0. The van der Waals surface area contributed by atoms with Crippen molar-refractivity contribution in [3.63, 3.8) is 0 Å². The summed E-state index contributed by atoms with van der Waals surface area (Å²) in [6.45, 7) is 8.10. The van der Waals surface area contributed by atoms with Crippen molar-refractivity contribution < 1.29 is 4.57 Å². The lowest BCUT2D eigenvalue weighted by Crippen LogP contribution is -2.37. The summed E-state index contributed by atoms with van der Waals surface area (Å²) in [7, 11) is 2.03. The lowest BCUT2D eigenvalue weighted by atomic mass is 10.2. The standard InChI is InChI=1S/C12H17N4/c1-6-10-9(4)14-11-12(16(10)5)15-8(3)7(2)13-11/h6H2,1-5H3/q+1. The van der Waals surface area contributed by atoms with Gasteiger partial charge in [-0.25, -0.2) is 14.5 Å². The third kappa shape index (κ3) is 1.54. The first-order valence-corrected chi connectivity index (χ1v) is 5.55. The fraction of sp³-hybridized carbons (Fsp3) is 0.500. The average molecular weight is 217 g/mol. The Morgan fingerprint density at radius 2 is 1.50 bits per heavy atom. The van der Waals surface area contributed by atoms with Gasteiger partial charge in [-0.05, 0) is 18.8 Å². The van der Waals surface area contributed by atoms with Gasteiger partial charge in [0.05, 0.1) is 18.4 Å². The summed E-state index contributed by atoms with van der Waals surface area (Å²) < 4.78 is 2.09. The molecule has 0 aliphatic heterocycles. The summed E-state index contributed by atoms with van der Waals surface area (Å²) in [5.41, 5.74) is 5.77. The zero-order valence-electron chi connectivity index (χ0n) is 10.5. The largest absolute Gasteiger partial charge is 0.368 e. The van der Waals surface area contributed by atoms with E-state index >= 15 is 0 Å². The van der Waals surface area contributed by atoms with Crippen LogP contribution >= 0.6 is 0 Å². The van der Waals surface area contributed by atoms with Crippen molar-refractivity contribution in [1.29, 1.82) is 0 Å². The van der Waals surface area contributed by atoms with Crippen molar-refractivity contribution in [2.75, 3.05) is 0 Å². The molecule has 0 aromatic carbocycles. The molecule has 2 aromatic rings. The minimum absolute atomic E-state index is 0.736. The molecule has 0 atom stereocenters. The fourth-order valence-electron chi connectivity index (χ4n) is 1.97. The van der Waals surface area contributed by atoms with E-state index in [0.717, 1.165) is 34.8 Å². The van der Waals surface area contributed by atoms with E-state index in [0.29, 0.717) is 0 Å². The average Bonchev–Trinajstić information content (AvgIpc) is 2.22. The molecular formula is C12H17N4+. The van der Waals surface area contributed by atoms with Crippen molar-refractivity contribution in [2.24, 2.45) is 7.05 Å². The molecule has 0 aliphatic rings. The van der Waals surface area contributed by atoms with E-state index in [2.05, 4.69) is 26.4 Å². The van der Waals surface area contributed by atoms with Crippen LogP contribution in [-0.2, 0) is 13.5 Å². The zero-order valence-corrected chi connectivity index (χ0v) is 10.5. The first-order chi connectivity index (χ1) is 7.54. The fourth-order valence-corrected chi connectivity index (χ4v) is 1.97. The molecule has 0 fully saturated rings. The van der Waals surface area contributed by atoms with Crippen LogP contribution in [0.4, 0.5) is 0 Å². The third-order valence-electron chi connectivity index (χ3n) is 3.02. The molecule has 0 amide bonds. The van der Waals surface area contributed by atoms with Gasteiger partial charge in [0.25, 0.3) is 0 Å². The summed E-state index contributed by atoms with van der Waals surface area (Å²) in [6, 6.07) is 0. The van der Waals surface area contributed by atoms with Gasteiger partial charge in [-0.1, -0.05) is 6.92 Å². The highest BCUT2D eigenvalue weighted by Crippen LogP contribution is 2.09. The first-order valence-electron chi connectivity index (χ1n) is 5.55. The predicted molar refractivity (Wildman–Crippen MR) is 62.1 cm³/mol. The van der Waals surface area contributed by atoms with Gasteiger partial charge in [-0.2, -0.15) is 0 Å². The molecule has 2 rings (SSSR count). The Morgan fingerprint density at radius 3 is 2.12 bits per heavy atom. The van der Waals surface area contributed by atoms with Gasteiger partial charge in [0.1, 0.15) is 5.69 Å². The van der Waals surface area contributed by atoms with Crippen LogP contribution in [0.3, 0.4) is 0 Å². The molecule has 2 aromatic heterocycles. The molecule has 2 heterocycles. The molecule has 0 radical (unpaired) electrons. The monoisotopic (exact) mass is 217 g/mol. The van der Waals surface area contributed by atoms with E-state index in [1.165, 1.54) is 5.69 Å². The number of fused-ring (bicyclic) bond motifs is 1. The van der Waals surface area contributed by atoms with E-state index in [-0.39, 0.29) is 0 Å². The molecule has 0 saturated heterocycles. The number of rotatable bonds is 1. The molecular weight excluding hydrogens is 200 g/mol. The lowest BCUT2D eigenvalue weighted by molar-refractivity contribution is -0.655. The Hall–Kier alpha value is -1.58. The lowest BCUT2D eigenvalue weighted by Gasteiger charge is -2.05. The first kappa shape index (κ1) is 10.9. The molecule has 0 aliphatic carbocycles. The molecule has 0 saturated carbocycles. The summed E-state index contributed by atoms with van der Waals surface area (Å²) in [4.78, 5) is 13.6. The van der Waals surface area contributed by atoms with Gasteiger partial charge in [0.15, 0.2) is 5.69 Å². The van der Waals surface area contributed by atoms with Crippen LogP contribution in [0, 0.1) is 20.8 Å². The summed E-state index contributed by atoms with van der Waals surface area (Å²) >= 11 is 0. The van der Waals surface area contributed by atoms with Gasteiger partial charge < -0.3 is 0 Å². The molecule has 0 bridgehead atoms. The van der Waals surface area contributed by atoms with Gasteiger partial charge in [0, 0.05) is 13.3 Å². The Labute approximate surface area is 95.4 Å². The maximum absolute atomic E-state index is 4.56. The van der Waals surface area contributed by atoms with E-state index in [4.69, 9.17) is 0 Å². The number of hydrogen-bond acceptors (Lipinski definition) is 3. The SMILES string of the molecule is CCc1c(C)nc2nc(C)c(C)nc2[n+]1C. The van der Waals surface area contributed by atoms with Crippen LogP contribution in [0.1, 0.15) is 29.7 Å². The third-order valence-corrected chi connectivity index (χ3v) is 3.02. The van der Waals surface area contributed by atoms with Crippen molar-refractivity contribution in [1.82, 2.24) is 15.0 Å². The Morgan fingerprint density at radius 1 is 0.938 bits per heavy atom. The van der Waals surface area contributed by atoms with Gasteiger partial charge in [0.2, 0.25) is 5.65 Å². The van der Waals surface area contributed by atoms with E-state index < -0.39 is 0 Å². The molecule has 4 nitrogen and oxygen atoms in total. The van der Waals surface area contributed by atoms with Crippen LogP contribution in [0.25, 0.3) is 11.3 Å². The molecule has 16 heavy (non-hydrogen) atoms. The van der Waals surface area contributed by atoms with Crippen LogP contribution in [0.2, 0.25) is 0 Å². The number of aromatic nitrogens is 4. The van der Waals surface area contributed by atoms with Gasteiger partial charge >= 0.3 is 5.65 Å². The van der Waals surface area contributed by atoms with Crippen molar-refractivity contribution >= 4 is 11.3 Å². The topological polar surface area (TPSA) is 42.6 Å². The second kappa shape index (κ2) is 3.77. The molecule has 0 N–H and O–H groups in total. The zero-order chi connectivity index (χ0) is 11.9. The van der Waals surface area contributed by atoms with Crippen LogP contribution in [0.15, 0.2) is 0 Å². The van der Waals surface area contributed by atoms with Gasteiger partial charge in [-0.15, -0.1) is 0 Å². The highest BCUT2D eigenvalue weighted by molar-refractivity contribution is 5.61. The van der Waals surface area contributed by atoms with Crippen molar-refractivity contribution in [3.8, 4) is 0 Å². The normalized spacial score (nSPS) is 11.1. The number of nitrogens with zero attached hydrogens (tertiary/aromatic N) is 4. The van der Waals surface area contributed by atoms with E-state index in [1.54, 1.807) is 0 Å². The van der Waals surface area contributed by atoms with E-state index in [1.807, 2.05) is 27.8 Å². The van der Waals surface area contributed by atoms with Crippen molar-refractivity contribution in [2.45, 2.75) is 34.1 Å². The minimum Gasteiger partial charge on any atom is -0.226 e. The van der Waals surface area contributed by atoms with Crippen LogP contribution < -0.4 is 4.57 Å². The van der Waals surface area contributed by atoms with E-state index in [9.17, 15) is 0 Å².